The summed E-state index contributed by atoms with van der Waals surface area (Å²) in [5.74, 6) is 1.38. The highest BCUT2D eigenvalue weighted by Gasteiger charge is 2.16. The average molecular weight is 433 g/mol. The fraction of sp³-hybridized carbons (Fsp3) is 0.545. The van der Waals surface area contributed by atoms with E-state index in [1.165, 1.54) is 0 Å². The quantitative estimate of drug-likeness (QED) is 0.466. The highest BCUT2D eigenvalue weighted by atomic mass is 32.1. The van der Waals surface area contributed by atoms with Crippen molar-refractivity contribution in [1.29, 1.82) is 0 Å². The first kappa shape index (κ1) is 22.4. The summed E-state index contributed by atoms with van der Waals surface area (Å²) in [6.07, 6.45) is 3.14. The van der Waals surface area contributed by atoms with Gasteiger partial charge in [-0.3, -0.25) is 4.79 Å². The van der Waals surface area contributed by atoms with E-state index in [1.807, 2.05) is 18.2 Å². The number of aromatic nitrogens is 1. The fourth-order valence-corrected chi connectivity index (χ4v) is 3.68. The summed E-state index contributed by atoms with van der Waals surface area (Å²) in [4.78, 5) is 20.0. The number of fused-ring (bicyclic) bond motifs is 2. The monoisotopic (exact) mass is 432 g/mol. The van der Waals surface area contributed by atoms with Crippen LogP contribution >= 0.6 is 12.2 Å². The van der Waals surface area contributed by atoms with Crippen LogP contribution in [0.2, 0.25) is 0 Å². The van der Waals surface area contributed by atoms with Gasteiger partial charge in [0.15, 0.2) is 16.6 Å². The molecule has 0 unspecified atom stereocenters. The van der Waals surface area contributed by atoms with Gasteiger partial charge in [-0.2, -0.15) is 0 Å². The number of benzene rings is 1. The highest BCUT2D eigenvalue weighted by molar-refractivity contribution is 7.80. The van der Waals surface area contributed by atoms with Crippen molar-refractivity contribution in [2.75, 3.05) is 46.9 Å². The van der Waals surface area contributed by atoms with Crippen LogP contribution < -0.4 is 20.3 Å². The van der Waals surface area contributed by atoms with Gasteiger partial charge in [-0.05, 0) is 57.8 Å². The van der Waals surface area contributed by atoms with Crippen molar-refractivity contribution in [3.8, 4) is 11.5 Å². The van der Waals surface area contributed by atoms with Gasteiger partial charge in [0.1, 0.15) is 13.2 Å². The lowest BCUT2D eigenvalue weighted by molar-refractivity contribution is 0.172. The first-order valence-corrected chi connectivity index (χ1v) is 11.0. The molecule has 0 radical (unpaired) electrons. The molecule has 0 spiro atoms. The third kappa shape index (κ3) is 5.86. The second-order valence-electron chi connectivity index (χ2n) is 7.87. The Hall–Kier alpha value is -2.32. The van der Waals surface area contributed by atoms with E-state index in [-0.39, 0.29) is 5.56 Å². The van der Waals surface area contributed by atoms with Gasteiger partial charge in [-0.1, -0.05) is 13.3 Å². The molecule has 2 aromatic rings. The van der Waals surface area contributed by atoms with Gasteiger partial charge in [0.2, 0.25) is 0 Å². The van der Waals surface area contributed by atoms with E-state index in [9.17, 15) is 4.79 Å². The van der Waals surface area contributed by atoms with Crippen LogP contribution in [0.15, 0.2) is 23.0 Å². The standard InChI is InChI=1S/C22H32N4O3S/c1-4-5-7-23-22(30)26(9-6-8-25(2)3)15-17-12-16-13-19-20(29-11-10-28-19)14-18(16)24-21(17)27/h12-14H,4-11,15H2,1-3H3,(H,23,30)(H,24,27). The van der Waals surface area contributed by atoms with Crippen molar-refractivity contribution in [2.45, 2.75) is 32.7 Å². The lowest BCUT2D eigenvalue weighted by Gasteiger charge is -2.26. The predicted molar refractivity (Wildman–Crippen MR) is 125 cm³/mol. The van der Waals surface area contributed by atoms with E-state index >= 15 is 0 Å². The summed E-state index contributed by atoms with van der Waals surface area (Å²) >= 11 is 5.64. The molecule has 1 aliphatic heterocycles. The zero-order valence-electron chi connectivity index (χ0n) is 18.1. The van der Waals surface area contributed by atoms with Crippen molar-refractivity contribution in [1.82, 2.24) is 20.1 Å². The number of rotatable bonds is 9. The van der Waals surface area contributed by atoms with Gasteiger partial charge in [-0.25, -0.2) is 0 Å². The van der Waals surface area contributed by atoms with Crippen molar-refractivity contribution >= 4 is 28.2 Å². The molecule has 164 valence electrons. The SMILES string of the molecule is CCCCNC(=S)N(CCCN(C)C)Cc1cc2cc3c(cc2[nH]c1=O)OCCO3. The molecule has 0 bridgehead atoms. The molecule has 0 saturated heterocycles. The minimum absolute atomic E-state index is 0.104. The summed E-state index contributed by atoms with van der Waals surface area (Å²) in [5.41, 5.74) is 1.33. The zero-order valence-corrected chi connectivity index (χ0v) is 18.9. The van der Waals surface area contributed by atoms with Crippen LogP contribution in [-0.2, 0) is 6.54 Å². The van der Waals surface area contributed by atoms with Gasteiger partial charge in [-0.15, -0.1) is 0 Å². The number of hydrogen-bond donors (Lipinski definition) is 2. The largest absolute Gasteiger partial charge is 0.486 e. The van der Waals surface area contributed by atoms with Crippen LogP contribution in [0.5, 0.6) is 11.5 Å². The number of unbranched alkanes of at least 4 members (excludes halogenated alkanes) is 1. The molecule has 1 aromatic carbocycles. The molecule has 0 atom stereocenters. The minimum Gasteiger partial charge on any atom is -0.486 e. The summed E-state index contributed by atoms with van der Waals surface area (Å²) in [6.45, 7) is 6.27. The molecule has 2 N–H and O–H groups in total. The molecule has 0 fully saturated rings. The van der Waals surface area contributed by atoms with E-state index in [2.05, 4.69) is 41.1 Å². The molecule has 7 nitrogen and oxygen atoms in total. The Morgan fingerprint density at radius 2 is 1.87 bits per heavy atom. The van der Waals surface area contributed by atoms with Gasteiger partial charge < -0.3 is 29.6 Å². The fourth-order valence-electron chi connectivity index (χ4n) is 3.43. The first-order chi connectivity index (χ1) is 14.5. The molecule has 30 heavy (non-hydrogen) atoms. The molecular formula is C22H32N4O3S. The Morgan fingerprint density at radius 1 is 1.13 bits per heavy atom. The maximum atomic E-state index is 12.8. The summed E-state index contributed by atoms with van der Waals surface area (Å²) in [5, 5.41) is 4.96. The van der Waals surface area contributed by atoms with E-state index < -0.39 is 0 Å². The summed E-state index contributed by atoms with van der Waals surface area (Å²) < 4.78 is 11.3. The van der Waals surface area contributed by atoms with E-state index in [4.69, 9.17) is 21.7 Å². The van der Waals surface area contributed by atoms with E-state index in [1.54, 1.807) is 0 Å². The summed E-state index contributed by atoms with van der Waals surface area (Å²) in [6, 6.07) is 5.69. The van der Waals surface area contributed by atoms with Crippen molar-refractivity contribution in [3.63, 3.8) is 0 Å². The molecule has 1 aliphatic rings. The molecule has 0 saturated carbocycles. The third-order valence-corrected chi connectivity index (χ3v) is 5.47. The van der Waals surface area contributed by atoms with Gasteiger partial charge in [0.25, 0.3) is 5.56 Å². The number of H-pyrrole nitrogens is 1. The number of nitrogens with zero attached hydrogens (tertiary/aromatic N) is 2. The normalized spacial score (nSPS) is 12.9. The van der Waals surface area contributed by atoms with Crippen LogP contribution in [0.3, 0.4) is 0 Å². The predicted octanol–water partition coefficient (Wildman–Crippen LogP) is 2.73. The van der Waals surface area contributed by atoms with E-state index in [0.29, 0.717) is 41.9 Å². The molecule has 0 aliphatic carbocycles. The minimum atomic E-state index is -0.104. The lowest BCUT2D eigenvalue weighted by Crippen LogP contribution is -2.41. The lowest BCUT2D eigenvalue weighted by atomic mass is 10.1. The number of ether oxygens (including phenoxy) is 2. The summed E-state index contributed by atoms with van der Waals surface area (Å²) in [7, 11) is 4.12. The van der Waals surface area contributed by atoms with Crippen LogP contribution in [0.1, 0.15) is 31.7 Å². The first-order valence-electron chi connectivity index (χ1n) is 10.6. The van der Waals surface area contributed by atoms with Crippen LogP contribution in [-0.4, -0.2) is 66.8 Å². The molecule has 1 aromatic heterocycles. The Balaban J connectivity index is 1.81. The molecule has 0 amide bonds. The van der Waals surface area contributed by atoms with Gasteiger partial charge in [0, 0.05) is 30.1 Å². The number of hydrogen-bond acceptors (Lipinski definition) is 5. The van der Waals surface area contributed by atoms with Crippen molar-refractivity contribution in [3.05, 3.63) is 34.1 Å². The van der Waals surface area contributed by atoms with Gasteiger partial charge in [0.05, 0.1) is 12.1 Å². The molecule has 3 rings (SSSR count). The second-order valence-corrected chi connectivity index (χ2v) is 8.26. The third-order valence-electron chi connectivity index (χ3n) is 5.07. The van der Waals surface area contributed by atoms with E-state index in [0.717, 1.165) is 49.8 Å². The van der Waals surface area contributed by atoms with Gasteiger partial charge >= 0.3 is 0 Å². The van der Waals surface area contributed by atoms with Crippen LogP contribution in [0.4, 0.5) is 0 Å². The van der Waals surface area contributed by atoms with Crippen molar-refractivity contribution < 1.29 is 9.47 Å². The highest BCUT2D eigenvalue weighted by Crippen LogP contribution is 2.33. The maximum absolute atomic E-state index is 12.8. The second kappa shape index (κ2) is 10.6. The zero-order chi connectivity index (χ0) is 21.5. The number of aromatic amines is 1. The Morgan fingerprint density at radius 3 is 2.57 bits per heavy atom. The Kier molecular flexibility index (Phi) is 7.93. The molecular weight excluding hydrogens is 400 g/mol. The van der Waals surface area contributed by atoms with Crippen molar-refractivity contribution in [2.24, 2.45) is 0 Å². The molecule has 2 heterocycles. The Labute approximate surface area is 183 Å². The average Bonchev–Trinajstić information content (AvgIpc) is 2.72. The number of pyridine rings is 1. The maximum Gasteiger partial charge on any atom is 0.253 e. The number of thiocarbonyl (C=S) groups is 1. The Bertz CT molecular complexity index is 928. The topological polar surface area (TPSA) is 69.8 Å². The smallest absolute Gasteiger partial charge is 0.253 e. The molecule has 8 heteroatoms. The van der Waals surface area contributed by atoms with Crippen LogP contribution in [0, 0.1) is 0 Å². The number of nitrogens with one attached hydrogen (secondary N) is 2. The van der Waals surface area contributed by atoms with Crippen LogP contribution in [0.25, 0.3) is 10.9 Å².